The van der Waals surface area contributed by atoms with Crippen LogP contribution < -0.4 is 10.2 Å². The number of piperidine rings is 1. The normalized spacial score (nSPS) is 18.3. The van der Waals surface area contributed by atoms with Gasteiger partial charge < -0.3 is 10.1 Å². The van der Waals surface area contributed by atoms with Gasteiger partial charge in [0.05, 0.1) is 17.2 Å². The quantitative estimate of drug-likeness (QED) is 0.834. The van der Waals surface area contributed by atoms with Gasteiger partial charge in [-0.1, -0.05) is 6.07 Å². The number of nitrogens with zero attached hydrogens (tertiary/aromatic N) is 3. The molecule has 0 atom stereocenters. The molecule has 148 valence electrons. The van der Waals surface area contributed by atoms with Crippen LogP contribution in [0.25, 0.3) is 0 Å². The summed E-state index contributed by atoms with van der Waals surface area (Å²) in [5.74, 6) is 0.0547. The number of thiazole rings is 1. The fraction of sp³-hybridized carbons (Fsp3) is 0.450. The number of cyclic esters (lactones) is 1. The standard InChI is InChI=1S/C20H24N4O3S/c1-14-21-17(13-28-14)12-23-7-5-15(6-8-23)19(25)22-16-3-2-4-18(11-16)24-9-10-27-20(24)26/h2-4,11,13,15H,5-10,12H2,1H3,(H,22,25). The molecule has 2 amide bonds. The van der Waals surface area contributed by atoms with Crippen molar-refractivity contribution in [1.29, 1.82) is 0 Å². The Morgan fingerprint density at radius 1 is 1.32 bits per heavy atom. The smallest absolute Gasteiger partial charge is 0.414 e. The van der Waals surface area contributed by atoms with E-state index in [0.29, 0.717) is 18.8 Å². The van der Waals surface area contributed by atoms with Crippen LogP contribution in [0.4, 0.5) is 16.2 Å². The first-order valence-electron chi connectivity index (χ1n) is 9.57. The number of hydrogen-bond acceptors (Lipinski definition) is 6. The number of benzene rings is 1. The van der Waals surface area contributed by atoms with Crippen LogP contribution in [-0.2, 0) is 16.1 Å². The van der Waals surface area contributed by atoms with E-state index >= 15 is 0 Å². The van der Waals surface area contributed by atoms with Crippen LogP contribution in [0.15, 0.2) is 29.6 Å². The molecule has 2 saturated heterocycles. The van der Waals surface area contributed by atoms with Crippen molar-refractivity contribution in [3.63, 3.8) is 0 Å². The van der Waals surface area contributed by atoms with Gasteiger partial charge in [0.1, 0.15) is 6.61 Å². The number of anilines is 2. The Morgan fingerprint density at radius 3 is 2.82 bits per heavy atom. The Hall–Kier alpha value is -2.45. The first kappa shape index (κ1) is 18.9. The summed E-state index contributed by atoms with van der Waals surface area (Å²) < 4.78 is 4.98. The van der Waals surface area contributed by atoms with E-state index in [-0.39, 0.29) is 17.9 Å². The third kappa shape index (κ3) is 4.34. The number of likely N-dealkylation sites (tertiary alicyclic amines) is 1. The molecule has 1 aromatic heterocycles. The van der Waals surface area contributed by atoms with E-state index in [1.165, 1.54) is 0 Å². The number of carbonyl (C=O) groups excluding carboxylic acids is 2. The number of hydrogen-bond donors (Lipinski definition) is 1. The molecule has 4 rings (SSSR count). The lowest BCUT2D eigenvalue weighted by Crippen LogP contribution is -2.37. The van der Waals surface area contributed by atoms with E-state index in [2.05, 4.69) is 20.6 Å². The minimum atomic E-state index is -0.342. The van der Waals surface area contributed by atoms with Crippen molar-refractivity contribution in [2.45, 2.75) is 26.3 Å². The molecule has 0 bridgehead atoms. The zero-order valence-electron chi connectivity index (χ0n) is 15.9. The lowest BCUT2D eigenvalue weighted by molar-refractivity contribution is -0.121. The van der Waals surface area contributed by atoms with Gasteiger partial charge in [0.25, 0.3) is 0 Å². The Labute approximate surface area is 168 Å². The summed E-state index contributed by atoms with van der Waals surface area (Å²) in [6.45, 7) is 5.60. The van der Waals surface area contributed by atoms with Crippen molar-refractivity contribution in [2.75, 3.05) is 36.5 Å². The predicted molar refractivity (Wildman–Crippen MR) is 109 cm³/mol. The average Bonchev–Trinajstić information content (AvgIpc) is 3.30. The molecule has 2 aliphatic heterocycles. The maximum atomic E-state index is 12.7. The highest BCUT2D eigenvalue weighted by Crippen LogP contribution is 2.25. The maximum Gasteiger partial charge on any atom is 0.414 e. The molecule has 2 aromatic rings. The van der Waals surface area contributed by atoms with Crippen LogP contribution in [-0.4, -0.2) is 48.1 Å². The van der Waals surface area contributed by atoms with Gasteiger partial charge in [-0.05, 0) is 51.1 Å². The molecule has 28 heavy (non-hydrogen) atoms. The molecule has 1 N–H and O–H groups in total. The summed E-state index contributed by atoms with van der Waals surface area (Å²) in [5.41, 5.74) is 2.57. The van der Waals surface area contributed by atoms with Gasteiger partial charge in [0, 0.05) is 29.2 Å². The Morgan fingerprint density at radius 2 is 2.14 bits per heavy atom. The van der Waals surface area contributed by atoms with Crippen LogP contribution in [0.3, 0.4) is 0 Å². The monoisotopic (exact) mass is 400 g/mol. The lowest BCUT2D eigenvalue weighted by Gasteiger charge is -2.30. The second-order valence-electron chi connectivity index (χ2n) is 7.21. The number of amides is 2. The van der Waals surface area contributed by atoms with Crippen LogP contribution in [0.5, 0.6) is 0 Å². The summed E-state index contributed by atoms with van der Waals surface area (Å²) in [5, 5.41) is 6.21. The molecule has 7 nitrogen and oxygen atoms in total. The van der Waals surface area contributed by atoms with E-state index in [4.69, 9.17) is 4.74 Å². The molecular weight excluding hydrogens is 376 g/mol. The van der Waals surface area contributed by atoms with Crippen LogP contribution in [0.2, 0.25) is 0 Å². The SMILES string of the molecule is Cc1nc(CN2CCC(C(=O)Nc3cccc(N4CCOC4=O)c3)CC2)cs1. The minimum absolute atomic E-state index is 0.00817. The van der Waals surface area contributed by atoms with Crippen LogP contribution in [0.1, 0.15) is 23.5 Å². The third-order valence-electron chi connectivity index (χ3n) is 5.20. The van der Waals surface area contributed by atoms with Crippen LogP contribution >= 0.6 is 11.3 Å². The number of nitrogens with one attached hydrogen (secondary N) is 1. The maximum absolute atomic E-state index is 12.7. The Bertz CT molecular complexity index is 861. The van der Waals surface area contributed by atoms with E-state index in [1.54, 1.807) is 16.2 Å². The first-order chi connectivity index (χ1) is 13.6. The van der Waals surface area contributed by atoms with Crippen LogP contribution in [0, 0.1) is 12.8 Å². The molecule has 2 aliphatic rings. The summed E-state index contributed by atoms with van der Waals surface area (Å²) in [6, 6.07) is 7.36. The molecule has 0 aliphatic carbocycles. The molecule has 0 spiro atoms. The van der Waals surface area contributed by atoms with Gasteiger partial charge in [-0.15, -0.1) is 11.3 Å². The number of rotatable bonds is 5. The van der Waals surface area contributed by atoms with Crippen molar-refractivity contribution in [2.24, 2.45) is 5.92 Å². The Balaban J connectivity index is 1.30. The zero-order chi connectivity index (χ0) is 19.5. The summed E-state index contributed by atoms with van der Waals surface area (Å²) in [6.07, 6.45) is 1.34. The molecule has 0 radical (unpaired) electrons. The molecule has 3 heterocycles. The minimum Gasteiger partial charge on any atom is -0.447 e. The molecule has 1 aromatic carbocycles. The van der Waals surface area contributed by atoms with Gasteiger partial charge in [0.2, 0.25) is 5.91 Å². The lowest BCUT2D eigenvalue weighted by atomic mass is 9.95. The fourth-order valence-corrected chi connectivity index (χ4v) is 4.29. The van der Waals surface area contributed by atoms with Gasteiger partial charge in [0.15, 0.2) is 0 Å². The largest absolute Gasteiger partial charge is 0.447 e. The Kier molecular flexibility index (Phi) is 5.59. The fourth-order valence-electron chi connectivity index (χ4n) is 3.69. The van der Waals surface area contributed by atoms with Crippen molar-refractivity contribution in [1.82, 2.24) is 9.88 Å². The zero-order valence-corrected chi connectivity index (χ0v) is 16.7. The first-order valence-corrected chi connectivity index (χ1v) is 10.4. The number of ether oxygens (including phenoxy) is 1. The summed E-state index contributed by atoms with van der Waals surface area (Å²) >= 11 is 1.68. The summed E-state index contributed by atoms with van der Waals surface area (Å²) in [7, 11) is 0. The summed E-state index contributed by atoms with van der Waals surface area (Å²) in [4.78, 5) is 32.9. The second kappa shape index (κ2) is 8.28. The van der Waals surface area contributed by atoms with Gasteiger partial charge in [-0.3, -0.25) is 14.6 Å². The average molecular weight is 401 g/mol. The van der Waals surface area contributed by atoms with Crippen molar-refractivity contribution < 1.29 is 14.3 Å². The molecular formula is C20H24N4O3S. The highest BCUT2D eigenvalue weighted by atomic mass is 32.1. The van der Waals surface area contributed by atoms with Gasteiger partial charge in [-0.25, -0.2) is 9.78 Å². The van der Waals surface area contributed by atoms with Crippen molar-refractivity contribution in [3.05, 3.63) is 40.3 Å². The molecule has 0 unspecified atom stereocenters. The van der Waals surface area contributed by atoms with Gasteiger partial charge >= 0.3 is 6.09 Å². The third-order valence-corrected chi connectivity index (χ3v) is 6.02. The second-order valence-corrected chi connectivity index (χ2v) is 8.28. The number of aryl methyl sites for hydroxylation is 1. The van der Waals surface area contributed by atoms with E-state index in [1.807, 2.05) is 31.2 Å². The predicted octanol–water partition coefficient (Wildman–Crippen LogP) is 3.26. The highest BCUT2D eigenvalue weighted by molar-refractivity contribution is 7.09. The van der Waals surface area contributed by atoms with Crippen molar-refractivity contribution >= 4 is 34.7 Å². The van der Waals surface area contributed by atoms with E-state index in [9.17, 15) is 9.59 Å². The molecule has 8 heteroatoms. The van der Waals surface area contributed by atoms with Crippen molar-refractivity contribution in [3.8, 4) is 0 Å². The highest BCUT2D eigenvalue weighted by Gasteiger charge is 2.26. The van der Waals surface area contributed by atoms with E-state index < -0.39 is 0 Å². The van der Waals surface area contributed by atoms with Gasteiger partial charge in [-0.2, -0.15) is 0 Å². The molecule has 2 fully saturated rings. The number of aromatic nitrogens is 1. The molecule has 0 saturated carbocycles. The van der Waals surface area contributed by atoms with E-state index in [0.717, 1.165) is 48.9 Å². The number of carbonyl (C=O) groups is 2. The topological polar surface area (TPSA) is 74.8 Å².